The summed E-state index contributed by atoms with van der Waals surface area (Å²) in [5.41, 5.74) is 5.75. The number of ketones is 1. The summed E-state index contributed by atoms with van der Waals surface area (Å²) >= 11 is 6.16. The maximum Gasteiger partial charge on any atom is 0.191 e. The first-order valence-electron chi connectivity index (χ1n) is 12.3. The van der Waals surface area contributed by atoms with E-state index in [2.05, 4.69) is 39.0 Å². The van der Waals surface area contributed by atoms with Crippen LogP contribution >= 0.6 is 11.6 Å². The average molecular weight is 512 g/mol. The van der Waals surface area contributed by atoms with Gasteiger partial charge in [0.25, 0.3) is 0 Å². The second-order valence-corrected chi connectivity index (χ2v) is 16.0. The topological polar surface area (TPSA) is 57.0 Å². The van der Waals surface area contributed by atoms with Gasteiger partial charge in [0, 0.05) is 48.0 Å². The van der Waals surface area contributed by atoms with Crippen molar-refractivity contribution in [2.75, 3.05) is 6.61 Å². The number of Topliss-reactive ketones (excluding diaryl/α,β-unsaturated/α-hetero) is 1. The summed E-state index contributed by atoms with van der Waals surface area (Å²) in [7, 11) is -1.75. The minimum Gasteiger partial charge on any atom is -0.416 e. The molecule has 1 aromatic carbocycles. The molecule has 0 N–H and O–H groups in total. The number of carbonyl (C=O) groups is 1. The third kappa shape index (κ3) is 7.35. The first-order valence-corrected chi connectivity index (χ1v) is 15.6. The Balaban J connectivity index is 1.57. The van der Waals surface area contributed by atoms with Crippen LogP contribution in [0.4, 0.5) is 0 Å². The Labute approximate surface area is 216 Å². The fraction of sp³-hybridized carbons (Fsp3) is 0.464. The van der Waals surface area contributed by atoms with E-state index in [-0.39, 0.29) is 10.8 Å². The number of carbonyl (C=O) groups excluding carboxylic acids is 1. The third-order valence-corrected chi connectivity index (χ3v) is 11.7. The van der Waals surface area contributed by atoms with Crippen molar-refractivity contribution in [1.82, 2.24) is 14.8 Å². The average Bonchev–Trinajstić information content (AvgIpc) is 3.14. The maximum absolute atomic E-state index is 12.8. The highest BCUT2D eigenvalue weighted by Gasteiger charge is 2.36. The van der Waals surface area contributed by atoms with E-state index in [1.54, 1.807) is 0 Å². The first kappa shape index (κ1) is 27.3. The Morgan fingerprint density at radius 2 is 1.83 bits per heavy atom. The van der Waals surface area contributed by atoms with Gasteiger partial charge in [-0.3, -0.25) is 9.78 Å². The summed E-state index contributed by atoms with van der Waals surface area (Å²) in [6.07, 6.45) is 2.26. The number of aryl methyl sites for hydroxylation is 3. The number of halogens is 1. The normalized spacial score (nSPS) is 12.2. The molecule has 0 unspecified atom stereocenters. The van der Waals surface area contributed by atoms with Crippen LogP contribution in [-0.2, 0) is 28.5 Å². The standard InChI is InChI=1S/C28H38ClN3O2Si/c1-20-17-26(32(31-20)25-10-8-9-23(29)19-25)13-14-27(33)18-22-11-12-24(30-21(22)2)15-16-34-35(6,7)28(3,4)5/h8-12,17,19H,13-16,18H2,1-7H3. The molecule has 0 aliphatic heterocycles. The van der Waals surface area contributed by atoms with Crippen molar-refractivity contribution < 1.29 is 9.22 Å². The van der Waals surface area contributed by atoms with Crippen molar-refractivity contribution >= 4 is 25.7 Å². The van der Waals surface area contributed by atoms with E-state index < -0.39 is 8.32 Å². The summed E-state index contributed by atoms with van der Waals surface area (Å²) in [6.45, 7) is 15.9. The van der Waals surface area contributed by atoms with E-state index in [4.69, 9.17) is 21.0 Å². The van der Waals surface area contributed by atoms with Crippen LogP contribution in [0.2, 0.25) is 23.2 Å². The van der Waals surface area contributed by atoms with Crippen LogP contribution in [0.15, 0.2) is 42.5 Å². The van der Waals surface area contributed by atoms with Crippen molar-refractivity contribution in [3.05, 3.63) is 75.8 Å². The molecule has 0 atom stereocenters. The summed E-state index contributed by atoms with van der Waals surface area (Å²) in [4.78, 5) is 17.6. The fourth-order valence-electron chi connectivity index (χ4n) is 3.73. The summed E-state index contributed by atoms with van der Waals surface area (Å²) in [6, 6.07) is 13.7. The number of rotatable bonds is 10. The number of nitrogens with zero attached hydrogens (tertiary/aromatic N) is 3. The molecular weight excluding hydrogens is 474 g/mol. The molecule has 0 aliphatic rings. The highest BCUT2D eigenvalue weighted by molar-refractivity contribution is 6.74. The number of benzene rings is 1. The minimum absolute atomic E-state index is 0.195. The van der Waals surface area contributed by atoms with Gasteiger partial charge in [-0.1, -0.05) is 44.5 Å². The lowest BCUT2D eigenvalue weighted by atomic mass is 10.0. The summed E-state index contributed by atoms with van der Waals surface area (Å²) < 4.78 is 8.16. The second-order valence-electron chi connectivity index (χ2n) is 10.8. The molecule has 0 saturated carbocycles. The maximum atomic E-state index is 12.8. The van der Waals surface area contributed by atoms with Gasteiger partial charge in [-0.05, 0) is 74.3 Å². The molecular formula is C28H38ClN3O2Si. The lowest BCUT2D eigenvalue weighted by Gasteiger charge is -2.36. The molecule has 2 heterocycles. The predicted molar refractivity (Wildman–Crippen MR) is 146 cm³/mol. The Morgan fingerprint density at radius 3 is 2.49 bits per heavy atom. The molecule has 35 heavy (non-hydrogen) atoms. The molecule has 7 heteroatoms. The third-order valence-electron chi connectivity index (χ3n) is 6.89. The van der Waals surface area contributed by atoms with Crippen molar-refractivity contribution in [3.8, 4) is 5.69 Å². The van der Waals surface area contributed by atoms with Crippen LogP contribution in [0.3, 0.4) is 0 Å². The largest absolute Gasteiger partial charge is 0.416 e. The Hall–Kier alpha value is -2.28. The number of hydrogen-bond donors (Lipinski definition) is 0. The van der Waals surface area contributed by atoms with Gasteiger partial charge in [0.15, 0.2) is 8.32 Å². The Morgan fingerprint density at radius 1 is 1.09 bits per heavy atom. The molecule has 0 spiro atoms. The molecule has 3 rings (SSSR count). The molecule has 2 aromatic heterocycles. The molecule has 5 nitrogen and oxygen atoms in total. The monoisotopic (exact) mass is 511 g/mol. The molecule has 0 fully saturated rings. The van der Waals surface area contributed by atoms with Gasteiger partial charge < -0.3 is 4.43 Å². The number of hydrogen-bond acceptors (Lipinski definition) is 4. The van der Waals surface area contributed by atoms with Crippen LogP contribution in [0, 0.1) is 13.8 Å². The van der Waals surface area contributed by atoms with Gasteiger partial charge in [-0.25, -0.2) is 4.68 Å². The van der Waals surface area contributed by atoms with Crippen molar-refractivity contribution in [3.63, 3.8) is 0 Å². The van der Waals surface area contributed by atoms with Crippen molar-refractivity contribution in [2.24, 2.45) is 0 Å². The molecule has 3 aromatic rings. The van der Waals surface area contributed by atoms with Gasteiger partial charge in [0.2, 0.25) is 0 Å². The van der Waals surface area contributed by atoms with Gasteiger partial charge in [0.05, 0.1) is 11.4 Å². The molecule has 0 aliphatic carbocycles. The number of pyridine rings is 1. The fourth-order valence-corrected chi connectivity index (χ4v) is 4.96. The van der Waals surface area contributed by atoms with Crippen LogP contribution in [0.25, 0.3) is 5.69 Å². The van der Waals surface area contributed by atoms with Crippen LogP contribution in [0.1, 0.15) is 55.5 Å². The predicted octanol–water partition coefficient (Wildman–Crippen LogP) is 6.85. The summed E-state index contributed by atoms with van der Waals surface area (Å²) in [5.74, 6) is 0.195. The van der Waals surface area contributed by atoms with E-state index in [9.17, 15) is 4.79 Å². The highest BCUT2D eigenvalue weighted by Crippen LogP contribution is 2.36. The van der Waals surface area contributed by atoms with E-state index in [0.29, 0.717) is 30.9 Å². The van der Waals surface area contributed by atoms with Crippen LogP contribution < -0.4 is 0 Å². The lowest BCUT2D eigenvalue weighted by molar-refractivity contribution is -0.118. The number of aromatic nitrogens is 3. The van der Waals surface area contributed by atoms with Gasteiger partial charge >= 0.3 is 0 Å². The molecule has 0 bridgehead atoms. The van der Waals surface area contributed by atoms with Gasteiger partial charge in [-0.2, -0.15) is 5.10 Å². The molecule has 188 valence electrons. The minimum atomic E-state index is -1.75. The van der Waals surface area contributed by atoms with Crippen LogP contribution in [0.5, 0.6) is 0 Å². The summed E-state index contributed by atoms with van der Waals surface area (Å²) in [5, 5.41) is 5.45. The van der Waals surface area contributed by atoms with Crippen molar-refractivity contribution in [2.45, 2.75) is 78.4 Å². The van der Waals surface area contributed by atoms with E-state index >= 15 is 0 Å². The van der Waals surface area contributed by atoms with Crippen LogP contribution in [-0.4, -0.2) is 35.5 Å². The zero-order chi connectivity index (χ0) is 25.8. The lowest BCUT2D eigenvalue weighted by Crippen LogP contribution is -2.41. The van der Waals surface area contributed by atoms with Gasteiger partial charge in [-0.15, -0.1) is 0 Å². The first-order chi connectivity index (χ1) is 16.4. The quantitative estimate of drug-likeness (QED) is 0.279. The zero-order valence-corrected chi connectivity index (χ0v) is 23.9. The smallest absolute Gasteiger partial charge is 0.191 e. The second kappa shape index (κ2) is 11.2. The molecule has 0 saturated heterocycles. The van der Waals surface area contributed by atoms with E-state index in [0.717, 1.165) is 40.4 Å². The van der Waals surface area contributed by atoms with E-state index in [1.165, 1.54) is 0 Å². The zero-order valence-electron chi connectivity index (χ0n) is 22.1. The highest BCUT2D eigenvalue weighted by atomic mass is 35.5. The van der Waals surface area contributed by atoms with E-state index in [1.807, 2.05) is 61.0 Å². The van der Waals surface area contributed by atoms with Crippen molar-refractivity contribution in [1.29, 1.82) is 0 Å². The molecule has 0 amide bonds. The van der Waals surface area contributed by atoms with Gasteiger partial charge in [0.1, 0.15) is 5.78 Å². The Bertz CT molecular complexity index is 1180. The SMILES string of the molecule is Cc1cc(CCC(=O)Cc2ccc(CCO[Si](C)(C)C(C)(C)C)nc2C)n(-c2cccc(Cl)c2)n1. The molecule has 0 radical (unpaired) electrons. The Kier molecular flexibility index (Phi) is 8.73.